The summed E-state index contributed by atoms with van der Waals surface area (Å²) < 4.78 is 37.8. The van der Waals surface area contributed by atoms with Gasteiger partial charge in [-0.05, 0) is 17.7 Å². The van der Waals surface area contributed by atoms with Gasteiger partial charge in [0.15, 0.2) is 4.32 Å². The summed E-state index contributed by atoms with van der Waals surface area (Å²) in [6.07, 6.45) is -3.22. The molecule has 0 saturated carbocycles. The van der Waals surface area contributed by atoms with Crippen LogP contribution in [0.15, 0.2) is 29.4 Å². The van der Waals surface area contributed by atoms with E-state index in [1.807, 2.05) is 0 Å². The van der Waals surface area contributed by atoms with Crippen molar-refractivity contribution in [3.63, 3.8) is 0 Å². The van der Waals surface area contributed by atoms with Crippen molar-refractivity contribution >= 4 is 40.4 Å². The molecular weight excluding hydrogens is 297 g/mol. The molecule has 2 rings (SSSR count). The van der Waals surface area contributed by atoms with Gasteiger partial charge in [0.25, 0.3) is 5.91 Å². The molecule has 1 fully saturated rings. The van der Waals surface area contributed by atoms with Crippen LogP contribution < -0.4 is 0 Å². The molecule has 1 heterocycles. The molecule has 0 bridgehead atoms. The fourth-order valence-corrected chi connectivity index (χ4v) is 2.35. The van der Waals surface area contributed by atoms with Gasteiger partial charge in [0.1, 0.15) is 0 Å². The van der Waals surface area contributed by atoms with Gasteiger partial charge in [-0.2, -0.15) is 23.3 Å². The zero-order valence-corrected chi connectivity index (χ0v) is 11.0. The molecule has 0 aliphatic carbocycles. The van der Waals surface area contributed by atoms with Crippen molar-refractivity contribution in [2.75, 3.05) is 5.75 Å². The first-order valence-corrected chi connectivity index (χ1v) is 6.48. The fraction of sp³-hybridized carbons (Fsp3) is 0.182. The summed E-state index contributed by atoms with van der Waals surface area (Å²) in [5, 5.41) is 4.82. The lowest BCUT2D eigenvalue weighted by Crippen LogP contribution is -2.22. The molecule has 0 radical (unpaired) electrons. The number of thiocarbonyl (C=S) groups is 1. The Morgan fingerprint density at radius 3 is 2.74 bits per heavy atom. The average molecular weight is 304 g/mol. The quantitative estimate of drug-likeness (QED) is 0.622. The first-order valence-electron chi connectivity index (χ1n) is 5.09. The van der Waals surface area contributed by atoms with Gasteiger partial charge in [0, 0.05) is 0 Å². The summed E-state index contributed by atoms with van der Waals surface area (Å²) in [6.45, 7) is 0. The molecule has 3 nitrogen and oxygen atoms in total. The monoisotopic (exact) mass is 304 g/mol. The van der Waals surface area contributed by atoms with E-state index in [1.165, 1.54) is 30.1 Å². The number of rotatable bonds is 2. The van der Waals surface area contributed by atoms with Gasteiger partial charge in [0.05, 0.1) is 17.5 Å². The van der Waals surface area contributed by atoms with Crippen LogP contribution in [0.2, 0.25) is 0 Å². The van der Waals surface area contributed by atoms with Crippen molar-refractivity contribution < 1.29 is 18.0 Å². The molecule has 1 aromatic rings. The summed E-state index contributed by atoms with van der Waals surface area (Å²) in [4.78, 5) is 11.4. The van der Waals surface area contributed by atoms with Crippen molar-refractivity contribution in [2.24, 2.45) is 5.10 Å². The minimum absolute atomic E-state index is 0.207. The topological polar surface area (TPSA) is 32.7 Å². The van der Waals surface area contributed by atoms with Crippen LogP contribution >= 0.6 is 24.0 Å². The van der Waals surface area contributed by atoms with E-state index in [0.29, 0.717) is 4.32 Å². The second kappa shape index (κ2) is 5.30. The molecule has 8 heteroatoms. The van der Waals surface area contributed by atoms with Crippen molar-refractivity contribution in [1.82, 2.24) is 5.01 Å². The molecule has 1 aliphatic heterocycles. The van der Waals surface area contributed by atoms with Gasteiger partial charge in [-0.1, -0.05) is 36.1 Å². The molecule has 1 amide bonds. The second-order valence-corrected chi connectivity index (χ2v) is 5.24. The van der Waals surface area contributed by atoms with E-state index in [0.717, 1.165) is 17.1 Å². The number of carbonyl (C=O) groups is 1. The summed E-state index contributed by atoms with van der Waals surface area (Å²) in [5.74, 6) is -0.0723. The van der Waals surface area contributed by atoms with Crippen molar-refractivity contribution in [2.45, 2.75) is 6.18 Å². The zero-order valence-electron chi connectivity index (χ0n) is 9.35. The Hall–Kier alpha value is -1.41. The fourth-order valence-electron chi connectivity index (χ4n) is 1.38. The highest BCUT2D eigenvalue weighted by Crippen LogP contribution is 2.29. The van der Waals surface area contributed by atoms with Gasteiger partial charge in [-0.25, -0.2) is 0 Å². The predicted octanol–water partition coefficient (Wildman–Crippen LogP) is 2.90. The largest absolute Gasteiger partial charge is 0.416 e. The lowest BCUT2D eigenvalue weighted by atomic mass is 10.1. The summed E-state index contributed by atoms with van der Waals surface area (Å²) >= 11 is 6.06. The smallest absolute Gasteiger partial charge is 0.272 e. The highest BCUT2D eigenvalue weighted by atomic mass is 32.2. The number of amides is 1. The first kappa shape index (κ1) is 14.0. The SMILES string of the molecule is O=C1CSC(=S)N1/N=C\c1cccc(C(F)(F)F)c1. The third kappa shape index (κ3) is 3.32. The standard InChI is InChI=1S/C11H7F3N2OS2/c12-11(13,14)8-3-1-2-7(4-8)5-15-16-9(17)6-19-10(16)18/h1-5H,6H2/b15-5-. The molecule has 0 atom stereocenters. The highest BCUT2D eigenvalue weighted by molar-refractivity contribution is 8.23. The van der Waals surface area contributed by atoms with Gasteiger partial charge >= 0.3 is 6.18 Å². The van der Waals surface area contributed by atoms with Crippen LogP contribution in [-0.2, 0) is 11.0 Å². The number of carbonyl (C=O) groups excluding carboxylic acids is 1. The minimum atomic E-state index is -4.40. The van der Waals surface area contributed by atoms with E-state index in [2.05, 4.69) is 5.10 Å². The van der Waals surface area contributed by atoms with E-state index in [9.17, 15) is 18.0 Å². The maximum absolute atomic E-state index is 12.5. The van der Waals surface area contributed by atoms with Crippen molar-refractivity contribution in [3.05, 3.63) is 35.4 Å². The Morgan fingerprint density at radius 2 is 2.16 bits per heavy atom. The minimum Gasteiger partial charge on any atom is -0.272 e. The Kier molecular flexibility index (Phi) is 3.91. The Labute approximate surface area is 116 Å². The van der Waals surface area contributed by atoms with Crippen LogP contribution in [0.3, 0.4) is 0 Å². The Balaban J connectivity index is 2.20. The van der Waals surface area contributed by atoms with Crippen LogP contribution in [0.25, 0.3) is 0 Å². The summed E-state index contributed by atoms with van der Waals surface area (Å²) in [5.41, 5.74) is -0.511. The van der Waals surface area contributed by atoms with Crippen LogP contribution in [0.1, 0.15) is 11.1 Å². The molecule has 0 unspecified atom stereocenters. The number of hydrogen-bond donors (Lipinski definition) is 0. The molecule has 1 saturated heterocycles. The molecule has 0 spiro atoms. The molecular formula is C11H7F3N2OS2. The van der Waals surface area contributed by atoms with Crippen LogP contribution in [0, 0.1) is 0 Å². The highest BCUT2D eigenvalue weighted by Gasteiger charge is 2.30. The number of hydrogen-bond acceptors (Lipinski definition) is 4. The molecule has 0 aromatic heterocycles. The molecule has 100 valence electrons. The Bertz CT molecular complexity index is 541. The number of benzene rings is 1. The lowest BCUT2D eigenvalue weighted by molar-refractivity contribution is -0.137. The van der Waals surface area contributed by atoms with E-state index in [1.54, 1.807) is 0 Å². The number of alkyl halides is 3. The molecule has 1 aliphatic rings. The van der Waals surface area contributed by atoms with Crippen LogP contribution in [0.4, 0.5) is 13.2 Å². The van der Waals surface area contributed by atoms with E-state index < -0.39 is 11.7 Å². The van der Waals surface area contributed by atoms with Gasteiger partial charge in [-0.3, -0.25) is 4.79 Å². The van der Waals surface area contributed by atoms with E-state index >= 15 is 0 Å². The summed E-state index contributed by atoms with van der Waals surface area (Å²) in [7, 11) is 0. The molecule has 1 aromatic carbocycles. The van der Waals surface area contributed by atoms with Gasteiger partial charge in [-0.15, -0.1) is 0 Å². The van der Waals surface area contributed by atoms with Crippen molar-refractivity contribution in [1.29, 1.82) is 0 Å². The maximum atomic E-state index is 12.5. The number of hydrazone groups is 1. The first-order chi connectivity index (χ1) is 8.88. The second-order valence-electron chi connectivity index (χ2n) is 3.63. The number of halogens is 3. The predicted molar refractivity (Wildman–Crippen MR) is 70.9 cm³/mol. The lowest BCUT2D eigenvalue weighted by Gasteiger charge is -2.08. The molecule has 0 N–H and O–H groups in total. The average Bonchev–Trinajstić information content (AvgIpc) is 2.66. The van der Waals surface area contributed by atoms with Crippen LogP contribution in [-0.4, -0.2) is 27.2 Å². The third-order valence-electron chi connectivity index (χ3n) is 2.26. The normalized spacial score (nSPS) is 16.7. The van der Waals surface area contributed by atoms with E-state index in [-0.39, 0.29) is 17.2 Å². The van der Waals surface area contributed by atoms with Gasteiger partial charge < -0.3 is 0 Å². The zero-order chi connectivity index (χ0) is 14.0. The molecule has 19 heavy (non-hydrogen) atoms. The van der Waals surface area contributed by atoms with Gasteiger partial charge in [0.2, 0.25) is 0 Å². The Morgan fingerprint density at radius 1 is 1.42 bits per heavy atom. The number of nitrogens with zero attached hydrogens (tertiary/aromatic N) is 2. The third-order valence-corrected chi connectivity index (χ3v) is 3.60. The summed E-state index contributed by atoms with van der Waals surface area (Å²) in [6, 6.07) is 4.68. The number of thioether (sulfide) groups is 1. The van der Waals surface area contributed by atoms with Crippen LogP contribution in [0.5, 0.6) is 0 Å². The maximum Gasteiger partial charge on any atom is 0.416 e. The van der Waals surface area contributed by atoms with Crippen molar-refractivity contribution in [3.8, 4) is 0 Å². The van der Waals surface area contributed by atoms with E-state index in [4.69, 9.17) is 12.2 Å².